The van der Waals surface area contributed by atoms with Crippen molar-refractivity contribution in [3.05, 3.63) is 0 Å². The molecule has 1 saturated heterocycles. The molecule has 2 saturated carbocycles. The minimum absolute atomic E-state index is 0.0519. The lowest BCUT2D eigenvalue weighted by Gasteiger charge is -2.27. The van der Waals surface area contributed by atoms with Gasteiger partial charge < -0.3 is 15.5 Å². The molecule has 5 nitrogen and oxygen atoms in total. The molecule has 0 aromatic heterocycles. The second kappa shape index (κ2) is 8.45. The summed E-state index contributed by atoms with van der Waals surface area (Å²) < 4.78 is 0. The number of rotatable bonds is 5. The van der Waals surface area contributed by atoms with E-state index in [1.165, 1.54) is 50.7 Å². The zero-order chi connectivity index (χ0) is 16.9. The minimum Gasteiger partial charge on any atom is -0.355 e. The van der Waals surface area contributed by atoms with Crippen molar-refractivity contribution in [3.8, 4) is 0 Å². The number of carbonyl (C=O) groups is 1. The van der Waals surface area contributed by atoms with Crippen molar-refractivity contribution < 1.29 is 4.79 Å². The van der Waals surface area contributed by atoms with E-state index in [0.29, 0.717) is 11.3 Å². The Balaban J connectivity index is 1.54. The van der Waals surface area contributed by atoms with Gasteiger partial charge in [-0.1, -0.05) is 12.8 Å². The molecular formula is C18H32N4OS. The van der Waals surface area contributed by atoms with E-state index in [9.17, 15) is 4.79 Å². The molecule has 1 heterocycles. The highest BCUT2D eigenvalue weighted by Crippen LogP contribution is 2.44. The zero-order valence-corrected chi connectivity index (χ0v) is 15.9. The van der Waals surface area contributed by atoms with Crippen LogP contribution >= 0.6 is 11.8 Å². The molecule has 136 valence electrons. The molecule has 3 fully saturated rings. The topological polar surface area (TPSA) is 56.7 Å². The SMILES string of the molecule is CN(C)C(=O)CN=C(NCC1CCCCS1)NC1CC2CCC1C2. The van der Waals surface area contributed by atoms with Crippen molar-refractivity contribution in [2.45, 2.75) is 56.2 Å². The van der Waals surface area contributed by atoms with Crippen molar-refractivity contribution in [2.24, 2.45) is 16.8 Å². The Hall–Kier alpha value is -0.910. The molecule has 3 rings (SSSR count). The second-order valence-corrected chi connectivity index (χ2v) is 9.16. The van der Waals surface area contributed by atoms with Gasteiger partial charge in [-0.25, -0.2) is 4.99 Å². The number of nitrogens with zero attached hydrogens (tertiary/aromatic N) is 2. The predicted octanol–water partition coefficient (Wildman–Crippen LogP) is 2.08. The van der Waals surface area contributed by atoms with Crippen LogP contribution in [0.3, 0.4) is 0 Å². The standard InChI is InChI=1S/C18H32N4OS/c1-22(2)17(23)12-20-18(19-11-15-5-3-4-8-24-15)21-16-10-13-6-7-14(16)9-13/h13-16H,3-12H2,1-2H3,(H2,19,20,21). The average Bonchev–Trinajstić information content (AvgIpc) is 3.20. The van der Waals surface area contributed by atoms with Gasteiger partial charge in [-0.3, -0.25) is 4.79 Å². The fourth-order valence-electron chi connectivity index (χ4n) is 4.22. The third-order valence-corrected chi connectivity index (χ3v) is 7.10. The number of fused-ring (bicyclic) bond motifs is 2. The average molecular weight is 353 g/mol. The molecule has 1 amide bonds. The third kappa shape index (κ3) is 4.80. The molecule has 24 heavy (non-hydrogen) atoms. The Morgan fingerprint density at radius 3 is 2.71 bits per heavy atom. The molecule has 1 aliphatic heterocycles. The van der Waals surface area contributed by atoms with Crippen LogP contribution in [-0.2, 0) is 4.79 Å². The van der Waals surface area contributed by atoms with E-state index < -0.39 is 0 Å². The second-order valence-electron chi connectivity index (χ2n) is 7.75. The van der Waals surface area contributed by atoms with Gasteiger partial charge in [0, 0.05) is 31.9 Å². The number of nitrogens with one attached hydrogen (secondary N) is 2. The van der Waals surface area contributed by atoms with Crippen molar-refractivity contribution in [2.75, 3.05) is 32.9 Å². The largest absolute Gasteiger partial charge is 0.355 e. The summed E-state index contributed by atoms with van der Waals surface area (Å²) in [6.45, 7) is 1.18. The van der Waals surface area contributed by atoms with Crippen LogP contribution in [0, 0.1) is 11.8 Å². The Morgan fingerprint density at radius 1 is 1.21 bits per heavy atom. The van der Waals surface area contributed by atoms with Gasteiger partial charge in [0.1, 0.15) is 6.54 Å². The maximum absolute atomic E-state index is 11.9. The van der Waals surface area contributed by atoms with E-state index in [4.69, 9.17) is 0 Å². The molecule has 3 aliphatic rings. The van der Waals surface area contributed by atoms with Crippen molar-refractivity contribution in [3.63, 3.8) is 0 Å². The van der Waals surface area contributed by atoms with Crippen molar-refractivity contribution in [1.29, 1.82) is 0 Å². The molecule has 2 bridgehead atoms. The van der Waals surface area contributed by atoms with E-state index in [2.05, 4.69) is 27.4 Å². The van der Waals surface area contributed by atoms with Crippen LogP contribution in [0.25, 0.3) is 0 Å². The Morgan fingerprint density at radius 2 is 2.08 bits per heavy atom. The summed E-state index contributed by atoms with van der Waals surface area (Å²) >= 11 is 2.07. The first kappa shape index (κ1) is 17.9. The lowest BCUT2D eigenvalue weighted by Crippen LogP contribution is -2.47. The van der Waals surface area contributed by atoms with Gasteiger partial charge in [-0.15, -0.1) is 0 Å². The normalized spacial score (nSPS) is 32.7. The molecule has 0 aromatic carbocycles. The molecule has 0 radical (unpaired) electrons. The van der Waals surface area contributed by atoms with E-state index in [0.717, 1.165) is 24.3 Å². The number of carbonyl (C=O) groups excluding carboxylic acids is 1. The fourth-order valence-corrected chi connectivity index (χ4v) is 5.46. The van der Waals surface area contributed by atoms with Crippen LogP contribution < -0.4 is 10.6 Å². The summed E-state index contributed by atoms with van der Waals surface area (Å²) in [7, 11) is 3.57. The monoisotopic (exact) mass is 352 g/mol. The number of guanidine groups is 1. The minimum atomic E-state index is 0.0519. The van der Waals surface area contributed by atoms with Crippen molar-refractivity contribution in [1.82, 2.24) is 15.5 Å². The first-order valence-corrected chi connectivity index (χ1v) is 10.5. The summed E-state index contributed by atoms with van der Waals surface area (Å²) in [5.41, 5.74) is 0. The number of amides is 1. The van der Waals surface area contributed by atoms with Gasteiger partial charge in [0.05, 0.1) is 0 Å². The quantitative estimate of drug-likeness (QED) is 0.588. The van der Waals surface area contributed by atoms with E-state index in [-0.39, 0.29) is 12.5 Å². The summed E-state index contributed by atoms with van der Waals surface area (Å²) in [6.07, 6.45) is 9.37. The van der Waals surface area contributed by atoms with Crippen LogP contribution in [-0.4, -0.2) is 61.0 Å². The molecular weight excluding hydrogens is 320 g/mol. The summed E-state index contributed by atoms with van der Waals surface area (Å²) in [5, 5.41) is 7.83. The fraction of sp³-hybridized carbons (Fsp3) is 0.889. The Kier molecular flexibility index (Phi) is 6.31. The van der Waals surface area contributed by atoms with Gasteiger partial charge >= 0.3 is 0 Å². The van der Waals surface area contributed by atoms with E-state index in [1.807, 2.05) is 0 Å². The number of hydrogen-bond donors (Lipinski definition) is 2. The molecule has 0 aromatic rings. The van der Waals surface area contributed by atoms with Crippen LogP contribution in [0.4, 0.5) is 0 Å². The molecule has 4 unspecified atom stereocenters. The lowest BCUT2D eigenvalue weighted by atomic mass is 9.95. The summed E-state index contributed by atoms with van der Waals surface area (Å²) in [6, 6.07) is 0.545. The predicted molar refractivity (Wildman–Crippen MR) is 101 cm³/mol. The van der Waals surface area contributed by atoms with Crippen LogP contribution in [0.5, 0.6) is 0 Å². The van der Waals surface area contributed by atoms with Gasteiger partial charge in [0.25, 0.3) is 0 Å². The van der Waals surface area contributed by atoms with E-state index in [1.54, 1.807) is 19.0 Å². The van der Waals surface area contributed by atoms with Crippen LogP contribution in [0.1, 0.15) is 44.9 Å². The third-order valence-electron chi connectivity index (χ3n) is 5.70. The number of thioether (sulfide) groups is 1. The Bertz CT molecular complexity index is 462. The number of likely N-dealkylation sites (N-methyl/N-ethyl adjacent to an activating group) is 1. The maximum Gasteiger partial charge on any atom is 0.243 e. The molecule has 6 heteroatoms. The summed E-state index contributed by atoms with van der Waals surface area (Å²) in [4.78, 5) is 18.1. The van der Waals surface area contributed by atoms with Gasteiger partial charge in [-0.2, -0.15) is 11.8 Å². The highest BCUT2D eigenvalue weighted by molar-refractivity contribution is 7.99. The maximum atomic E-state index is 11.9. The number of hydrogen-bond acceptors (Lipinski definition) is 3. The smallest absolute Gasteiger partial charge is 0.243 e. The van der Waals surface area contributed by atoms with Gasteiger partial charge in [0.2, 0.25) is 5.91 Å². The van der Waals surface area contributed by atoms with Crippen LogP contribution in [0.2, 0.25) is 0 Å². The zero-order valence-electron chi connectivity index (χ0n) is 15.1. The van der Waals surface area contributed by atoms with Crippen LogP contribution in [0.15, 0.2) is 4.99 Å². The first-order valence-electron chi connectivity index (χ1n) is 9.48. The lowest BCUT2D eigenvalue weighted by molar-refractivity contribution is -0.127. The summed E-state index contributed by atoms with van der Waals surface area (Å²) in [5.74, 6) is 3.88. The van der Waals surface area contributed by atoms with E-state index >= 15 is 0 Å². The highest BCUT2D eigenvalue weighted by atomic mass is 32.2. The highest BCUT2D eigenvalue weighted by Gasteiger charge is 2.39. The molecule has 0 spiro atoms. The first-order chi connectivity index (χ1) is 11.6. The molecule has 2 N–H and O–H groups in total. The molecule has 2 aliphatic carbocycles. The van der Waals surface area contributed by atoms with Gasteiger partial charge in [-0.05, 0) is 49.7 Å². The Labute approximate surface area is 150 Å². The van der Waals surface area contributed by atoms with Crippen molar-refractivity contribution >= 4 is 23.6 Å². The van der Waals surface area contributed by atoms with Gasteiger partial charge in [0.15, 0.2) is 5.96 Å². The number of aliphatic imine (C=N–C) groups is 1. The molecule has 4 atom stereocenters.